The zero-order valence-corrected chi connectivity index (χ0v) is 15.2. The summed E-state index contributed by atoms with van der Waals surface area (Å²) < 4.78 is 17.4. The quantitative estimate of drug-likeness (QED) is 0.900. The van der Waals surface area contributed by atoms with E-state index >= 15 is 0 Å². The van der Waals surface area contributed by atoms with Crippen LogP contribution in [0.15, 0.2) is 18.3 Å². The van der Waals surface area contributed by atoms with Crippen molar-refractivity contribution < 1.29 is 19.0 Å². The zero-order chi connectivity index (χ0) is 17.9. The van der Waals surface area contributed by atoms with Crippen LogP contribution in [0.5, 0.6) is 5.88 Å². The topological polar surface area (TPSA) is 72.9 Å². The summed E-state index contributed by atoms with van der Waals surface area (Å²) in [5, 5.41) is 2.98. The molecule has 2 saturated heterocycles. The molecule has 0 radical (unpaired) electrons. The highest BCUT2D eigenvalue weighted by Gasteiger charge is 2.48. The number of ether oxygens (including phenoxy) is 3. The van der Waals surface area contributed by atoms with Crippen LogP contribution >= 0.6 is 0 Å². The summed E-state index contributed by atoms with van der Waals surface area (Å²) >= 11 is 0. The lowest BCUT2D eigenvalue weighted by molar-refractivity contribution is -0.159. The average Bonchev–Trinajstić information content (AvgIpc) is 2.93. The maximum Gasteiger partial charge on any atom is 0.317 e. The highest BCUT2D eigenvalue weighted by atomic mass is 16.6. The molecule has 3 rings (SSSR count). The molecular formula is C18H27N3O4. The third-order valence-corrected chi connectivity index (χ3v) is 4.85. The third-order valence-electron chi connectivity index (χ3n) is 4.85. The van der Waals surface area contributed by atoms with Crippen LogP contribution in [0, 0.1) is 0 Å². The lowest BCUT2D eigenvalue weighted by Gasteiger charge is -2.45. The van der Waals surface area contributed by atoms with Gasteiger partial charge in [-0.15, -0.1) is 0 Å². The molecule has 0 bridgehead atoms. The molecule has 7 nitrogen and oxygen atoms in total. The van der Waals surface area contributed by atoms with Crippen LogP contribution in [0.4, 0.5) is 4.79 Å². The minimum Gasteiger partial charge on any atom is -0.478 e. The second-order valence-corrected chi connectivity index (χ2v) is 6.70. The van der Waals surface area contributed by atoms with E-state index in [0.717, 1.165) is 12.0 Å². The molecule has 1 aromatic heterocycles. The lowest BCUT2D eigenvalue weighted by atomic mass is 9.93. The lowest BCUT2D eigenvalue weighted by Crippen LogP contribution is -2.60. The third kappa shape index (κ3) is 3.88. The Morgan fingerprint density at radius 1 is 1.52 bits per heavy atom. The van der Waals surface area contributed by atoms with Crippen LogP contribution < -0.4 is 10.1 Å². The number of hydrogen-bond donors (Lipinski definition) is 1. The number of nitrogens with zero attached hydrogens (tertiary/aromatic N) is 2. The molecule has 2 fully saturated rings. The maximum absolute atomic E-state index is 12.7. The first-order chi connectivity index (χ1) is 12.0. The van der Waals surface area contributed by atoms with E-state index in [1.165, 1.54) is 0 Å². The Kier molecular flexibility index (Phi) is 5.44. The maximum atomic E-state index is 12.7. The summed E-state index contributed by atoms with van der Waals surface area (Å²) in [5.74, 6) is 0.565. The van der Waals surface area contributed by atoms with Crippen LogP contribution in [0.1, 0.15) is 32.8 Å². The highest BCUT2D eigenvalue weighted by molar-refractivity contribution is 5.74. The number of amides is 2. The van der Waals surface area contributed by atoms with Crippen molar-refractivity contribution in [3.05, 3.63) is 23.9 Å². The van der Waals surface area contributed by atoms with Crippen molar-refractivity contribution in [3.8, 4) is 5.88 Å². The molecule has 0 saturated carbocycles. The average molecular weight is 349 g/mol. The summed E-state index contributed by atoms with van der Waals surface area (Å²) in [5.41, 5.74) is 0.478. The second-order valence-electron chi connectivity index (χ2n) is 6.70. The van der Waals surface area contributed by atoms with E-state index in [4.69, 9.17) is 14.2 Å². The second kappa shape index (κ2) is 7.58. The molecule has 0 aromatic carbocycles. The van der Waals surface area contributed by atoms with Crippen molar-refractivity contribution in [1.82, 2.24) is 15.2 Å². The van der Waals surface area contributed by atoms with Crippen molar-refractivity contribution in [3.63, 3.8) is 0 Å². The highest BCUT2D eigenvalue weighted by Crippen LogP contribution is 2.35. The minimum absolute atomic E-state index is 0.00608. The monoisotopic (exact) mass is 349 g/mol. The molecule has 1 spiro atoms. The van der Waals surface area contributed by atoms with Gasteiger partial charge in [-0.2, -0.15) is 0 Å². The largest absolute Gasteiger partial charge is 0.478 e. The molecule has 0 aliphatic carbocycles. The molecule has 2 amide bonds. The van der Waals surface area contributed by atoms with Gasteiger partial charge in [-0.05, 0) is 26.8 Å². The van der Waals surface area contributed by atoms with E-state index in [0.29, 0.717) is 38.7 Å². The zero-order valence-electron chi connectivity index (χ0n) is 15.2. The Bertz CT molecular complexity index is 612. The summed E-state index contributed by atoms with van der Waals surface area (Å²) in [4.78, 5) is 18.7. The molecule has 2 aliphatic heterocycles. The van der Waals surface area contributed by atoms with Gasteiger partial charge in [-0.25, -0.2) is 9.78 Å². The van der Waals surface area contributed by atoms with Gasteiger partial charge in [0.1, 0.15) is 5.60 Å². The molecule has 1 aromatic rings. The first-order valence-corrected chi connectivity index (χ1v) is 8.93. The SMILES string of the molecule is CCOc1ncccc1CNC(=O)N1CC(C)OC2(CCOC2C)C1. The van der Waals surface area contributed by atoms with Gasteiger partial charge in [0.2, 0.25) is 5.88 Å². The Balaban J connectivity index is 1.63. The van der Waals surface area contributed by atoms with Crippen molar-refractivity contribution >= 4 is 6.03 Å². The molecule has 2 aliphatic rings. The normalized spacial score (nSPS) is 29.0. The summed E-state index contributed by atoms with van der Waals surface area (Å²) in [6.45, 7) is 8.66. The Morgan fingerprint density at radius 3 is 3.08 bits per heavy atom. The number of nitrogens with one attached hydrogen (secondary N) is 1. The molecule has 3 unspecified atom stereocenters. The minimum atomic E-state index is -0.389. The molecular weight excluding hydrogens is 322 g/mol. The standard InChI is InChI=1S/C18H27N3O4/c1-4-23-16-15(6-5-8-19-16)10-20-17(22)21-11-13(2)25-18(12-21)7-9-24-14(18)3/h5-6,8,13-14H,4,7,9-12H2,1-3H3,(H,20,22). The summed E-state index contributed by atoms with van der Waals surface area (Å²) in [7, 11) is 0. The number of urea groups is 1. The number of rotatable bonds is 4. The van der Waals surface area contributed by atoms with Gasteiger partial charge in [0.15, 0.2) is 0 Å². The Morgan fingerprint density at radius 2 is 2.36 bits per heavy atom. The number of hydrogen-bond acceptors (Lipinski definition) is 5. The number of pyridine rings is 1. The van der Waals surface area contributed by atoms with Gasteiger partial charge in [-0.3, -0.25) is 0 Å². The molecule has 3 atom stereocenters. The molecule has 25 heavy (non-hydrogen) atoms. The molecule has 1 N–H and O–H groups in total. The predicted octanol–water partition coefficient (Wildman–Crippen LogP) is 1.96. The van der Waals surface area contributed by atoms with Crippen molar-refractivity contribution in [2.45, 2.75) is 51.5 Å². The van der Waals surface area contributed by atoms with Gasteiger partial charge in [0.05, 0.1) is 25.4 Å². The smallest absolute Gasteiger partial charge is 0.317 e. The number of morpholine rings is 1. The first kappa shape index (κ1) is 17.9. The Labute approximate surface area is 148 Å². The van der Waals surface area contributed by atoms with Crippen molar-refractivity contribution in [2.24, 2.45) is 0 Å². The molecule has 138 valence electrons. The van der Waals surface area contributed by atoms with Crippen LogP contribution in [-0.2, 0) is 16.0 Å². The van der Waals surface area contributed by atoms with E-state index in [9.17, 15) is 4.79 Å². The fourth-order valence-corrected chi connectivity index (χ4v) is 3.56. The van der Waals surface area contributed by atoms with E-state index in [1.807, 2.05) is 37.8 Å². The van der Waals surface area contributed by atoms with Gasteiger partial charge in [-0.1, -0.05) is 6.07 Å². The fourth-order valence-electron chi connectivity index (χ4n) is 3.56. The van der Waals surface area contributed by atoms with Crippen LogP contribution in [-0.4, -0.2) is 60.0 Å². The number of aromatic nitrogens is 1. The van der Waals surface area contributed by atoms with E-state index in [1.54, 1.807) is 6.20 Å². The van der Waals surface area contributed by atoms with E-state index in [2.05, 4.69) is 10.3 Å². The van der Waals surface area contributed by atoms with E-state index in [-0.39, 0.29) is 23.8 Å². The van der Waals surface area contributed by atoms with Crippen LogP contribution in [0.25, 0.3) is 0 Å². The molecule has 3 heterocycles. The fraction of sp³-hybridized carbons (Fsp3) is 0.667. The van der Waals surface area contributed by atoms with Crippen molar-refractivity contribution in [1.29, 1.82) is 0 Å². The van der Waals surface area contributed by atoms with Crippen LogP contribution in [0.2, 0.25) is 0 Å². The van der Waals surface area contributed by atoms with Gasteiger partial charge in [0.25, 0.3) is 0 Å². The van der Waals surface area contributed by atoms with E-state index < -0.39 is 0 Å². The van der Waals surface area contributed by atoms with Gasteiger partial charge < -0.3 is 24.4 Å². The summed E-state index contributed by atoms with van der Waals surface area (Å²) in [6, 6.07) is 3.65. The van der Waals surface area contributed by atoms with Gasteiger partial charge >= 0.3 is 6.03 Å². The predicted molar refractivity (Wildman–Crippen MR) is 92.5 cm³/mol. The Hall–Kier alpha value is -1.86. The molecule has 7 heteroatoms. The summed E-state index contributed by atoms with van der Waals surface area (Å²) in [6.07, 6.45) is 2.49. The number of carbonyl (C=O) groups excluding carboxylic acids is 1. The number of carbonyl (C=O) groups is 1. The van der Waals surface area contributed by atoms with Crippen LogP contribution in [0.3, 0.4) is 0 Å². The van der Waals surface area contributed by atoms with Crippen molar-refractivity contribution in [2.75, 3.05) is 26.3 Å². The van der Waals surface area contributed by atoms with Gasteiger partial charge in [0, 0.05) is 37.9 Å². The first-order valence-electron chi connectivity index (χ1n) is 8.93.